The zero-order valence-electron chi connectivity index (χ0n) is 17.6. The van der Waals surface area contributed by atoms with Crippen molar-refractivity contribution in [2.75, 3.05) is 13.6 Å². The number of hydrogen-bond acceptors (Lipinski definition) is 4. The number of fused-ring (bicyclic) bond motifs is 1. The molecule has 4 aromatic rings. The van der Waals surface area contributed by atoms with E-state index in [9.17, 15) is 9.59 Å². The first-order chi connectivity index (χ1) is 15.0. The molecule has 2 amide bonds. The molecule has 0 saturated carbocycles. The zero-order valence-corrected chi connectivity index (χ0v) is 18.4. The predicted octanol–water partition coefficient (Wildman–Crippen LogP) is 3.24. The van der Waals surface area contributed by atoms with Gasteiger partial charge in [-0.2, -0.15) is 0 Å². The quantitative estimate of drug-likeness (QED) is 0.462. The second kappa shape index (κ2) is 9.18. The van der Waals surface area contributed by atoms with Gasteiger partial charge in [0.2, 0.25) is 0 Å². The van der Waals surface area contributed by atoms with E-state index in [-0.39, 0.29) is 17.9 Å². The average Bonchev–Trinajstić information content (AvgIpc) is 3.49. The molecule has 0 aliphatic rings. The summed E-state index contributed by atoms with van der Waals surface area (Å²) in [5.74, 6) is -0.236. The van der Waals surface area contributed by atoms with Crippen LogP contribution in [0.25, 0.3) is 4.96 Å². The van der Waals surface area contributed by atoms with E-state index in [0.717, 1.165) is 10.5 Å². The van der Waals surface area contributed by atoms with Gasteiger partial charge in [0.1, 0.15) is 11.4 Å². The van der Waals surface area contributed by atoms with Crippen LogP contribution in [0.1, 0.15) is 33.0 Å². The maximum Gasteiger partial charge on any atom is 0.274 e. The second-order valence-corrected chi connectivity index (χ2v) is 8.40. The fraction of sp³-hybridized carbons (Fsp3) is 0.261. The second-order valence-electron chi connectivity index (χ2n) is 7.53. The Morgan fingerprint density at radius 3 is 2.68 bits per heavy atom. The molecule has 160 valence electrons. The van der Waals surface area contributed by atoms with Gasteiger partial charge in [-0.05, 0) is 30.5 Å². The topological polar surface area (TPSA) is 71.6 Å². The summed E-state index contributed by atoms with van der Waals surface area (Å²) in [5.41, 5.74) is 2.19. The minimum atomic E-state index is -0.120. The van der Waals surface area contributed by atoms with Gasteiger partial charge >= 0.3 is 0 Å². The van der Waals surface area contributed by atoms with Gasteiger partial charge in [0.05, 0.1) is 0 Å². The molecule has 1 aromatic carbocycles. The summed E-state index contributed by atoms with van der Waals surface area (Å²) >= 11 is 1.50. The summed E-state index contributed by atoms with van der Waals surface area (Å²) < 4.78 is 3.65. The first-order valence-electron chi connectivity index (χ1n) is 10.2. The number of carbonyl (C=O) groups is 2. The number of rotatable bonds is 8. The van der Waals surface area contributed by atoms with E-state index in [2.05, 4.69) is 22.4 Å². The van der Waals surface area contributed by atoms with Gasteiger partial charge in [0.25, 0.3) is 11.8 Å². The Morgan fingerprint density at radius 1 is 1.16 bits per heavy atom. The number of nitrogens with zero attached hydrogens (tertiary/aromatic N) is 4. The Hall–Kier alpha value is -3.39. The van der Waals surface area contributed by atoms with Gasteiger partial charge in [-0.25, -0.2) is 4.98 Å². The number of thiazole rings is 1. The number of aryl methyl sites for hydroxylation is 1. The largest absolute Gasteiger partial charge is 0.351 e. The predicted molar refractivity (Wildman–Crippen MR) is 121 cm³/mol. The van der Waals surface area contributed by atoms with Crippen molar-refractivity contribution in [3.8, 4) is 0 Å². The van der Waals surface area contributed by atoms with E-state index in [0.29, 0.717) is 30.8 Å². The van der Waals surface area contributed by atoms with Crippen LogP contribution < -0.4 is 5.32 Å². The molecule has 0 bridgehead atoms. The first kappa shape index (κ1) is 20.9. The van der Waals surface area contributed by atoms with Gasteiger partial charge in [-0.15, -0.1) is 11.3 Å². The third-order valence-electron chi connectivity index (χ3n) is 5.43. The molecular formula is C23H25N5O2S. The molecule has 3 aromatic heterocycles. The highest BCUT2D eigenvalue weighted by molar-refractivity contribution is 7.15. The summed E-state index contributed by atoms with van der Waals surface area (Å²) in [6.45, 7) is 0.470. The lowest BCUT2D eigenvalue weighted by molar-refractivity contribution is 0.0717. The maximum absolute atomic E-state index is 13.1. The minimum Gasteiger partial charge on any atom is -0.351 e. The number of amides is 2. The molecular weight excluding hydrogens is 410 g/mol. The van der Waals surface area contributed by atoms with Crippen LogP contribution in [-0.2, 0) is 13.5 Å². The van der Waals surface area contributed by atoms with E-state index in [1.807, 2.05) is 60.5 Å². The van der Waals surface area contributed by atoms with Crippen LogP contribution >= 0.6 is 11.3 Å². The highest BCUT2D eigenvalue weighted by atomic mass is 32.1. The Balaban J connectivity index is 1.46. The van der Waals surface area contributed by atoms with Crippen molar-refractivity contribution in [3.05, 3.63) is 83.4 Å². The normalized spacial score (nSPS) is 12.1. The van der Waals surface area contributed by atoms with E-state index >= 15 is 0 Å². The van der Waals surface area contributed by atoms with Gasteiger partial charge in [0, 0.05) is 50.7 Å². The molecule has 1 atom stereocenters. The Kier molecular flexibility index (Phi) is 6.18. The van der Waals surface area contributed by atoms with Crippen LogP contribution in [0.2, 0.25) is 0 Å². The van der Waals surface area contributed by atoms with Crippen molar-refractivity contribution in [1.29, 1.82) is 0 Å². The molecule has 4 rings (SSSR count). The first-order valence-corrected chi connectivity index (χ1v) is 11.0. The van der Waals surface area contributed by atoms with Gasteiger partial charge in [-0.3, -0.25) is 14.0 Å². The average molecular weight is 436 g/mol. The van der Waals surface area contributed by atoms with Crippen LogP contribution in [0.5, 0.6) is 0 Å². The van der Waals surface area contributed by atoms with Crippen LogP contribution in [0, 0.1) is 0 Å². The molecule has 3 heterocycles. The van der Waals surface area contributed by atoms with Crippen molar-refractivity contribution < 1.29 is 9.59 Å². The smallest absolute Gasteiger partial charge is 0.274 e. The summed E-state index contributed by atoms with van der Waals surface area (Å²) in [4.78, 5) is 32.6. The molecule has 0 aliphatic carbocycles. The number of carbonyl (C=O) groups excluding carboxylic acids is 2. The van der Waals surface area contributed by atoms with Crippen LogP contribution in [0.4, 0.5) is 0 Å². The van der Waals surface area contributed by atoms with E-state index < -0.39 is 0 Å². The number of imidazole rings is 1. The van der Waals surface area contributed by atoms with E-state index in [4.69, 9.17) is 0 Å². The highest BCUT2D eigenvalue weighted by Gasteiger charge is 2.24. The zero-order chi connectivity index (χ0) is 21.8. The third kappa shape index (κ3) is 4.69. The minimum absolute atomic E-state index is 0.0802. The molecule has 7 nitrogen and oxygen atoms in total. The number of nitrogens with one attached hydrogen (secondary N) is 1. The van der Waals surface area contributed by atoms with Crippen molar-refractivity contribution in [1.82, 2.24) is 24.2 Å². The lowest BCUT2D eigenvalue weighted by Crippen LogP contribution is -2.41. The summed E-state index contributed by atoms with van der Waals surface area (Å²) in [7, 11) is 3.65. The van der Waals surface area contributed by atoms with Crippen molar-refractivity contribution in [2.45, 2.75) is 18.9 Å². The van der Waals surface area contributed by atoms with Crippen molar-refractivity contribution in [3.63, 3.8) is 0 Å². The maximum atomic E-state index is 13.1. The van der Waals surface area contributed by atoms with Crippen LogP contribution in [0.15, 0.2) is 66.4 Å². The fourth-order valence-electron chi connectivity index (χ4n) is 3.64. The summed E-state index contributed by atoms with van der Waals surface area (Å²) in [6.07, 6.45) is 6.84. The molecule has 1 N–H and O–H groups in total. The van der Waals surface area contributed by atoms with Crippen molar-refractivity contribution >= 4 is 28.1 Å². The van der Waals surface area contributed by atoms with Gasteiger partial charge in [0.15, 0.2) is 4.96 Å². The number of likely N-dealkylation sites (N-methyl/N-ethyl adjacent to an activating group) is 1. The molecule has 0 radical (unpaired) electrons. The number of aromatic nitrogens is 3. The highest BCUT2D eigenvalue weighted by Crippen LogP contribution is 2.17. The molecule has 0 saturated heterocycles. The number of benzene rings is 1. The van der Waals surface area contributed by atoms with Gasteiger partial charge < -0.3 is 14.8 Å². The molecule has 0 aliphatic heterocycles. The lowest BCUT2D eigenvalue weighted by atomic mass is 10.0. The standard InChI is InChI=1S/C23H25N5O2S/c1-26-12-6-9-20(26)21(29)24-11-10-18(15-17-7-4-3-5-8-17)27(2)22(30)19-16-28-13-14-31-23(28)25-19/h3-9,12-14,16,18H,10-11,15H2,1-2H3,(H,24,29)/t18-/m1/s1. The molecule has 31 heavy (non-hydrogen) atoms. The molecule has 0 fully saturated rings. The Morgan fingerprint density at radius 2 is 1.97 bits per heavy atom. The third-order valence-corrected chi connectivity index (χ3v) is 6.20. The summed E-state index contributed by atoms with van der Waals surface area (Å²) in [6, 6.07) is 13.6. The molecule has 8 heteroatoms. The fourth-order valence-corrected chi connectivity index (χ4v) is 4.34. The van der Waals surface area contributed by atoms with Crippen LogP contribution in [0.3, 0.4) is 0 Å². The van der Waals surface area contributed by atoms with Gasteiger partial charge in [-0.1, -0.05) is 30.3 Å². The summed E-state index contributed by atoms with van der Waals surface area (Å²) in [5, 5.41) is 4.92. The van der Waals surface area contributed by atoms with E-state index in [1.165, 1.54) is 11.3 Å². The van der Waals surface area contributed by atoms with Crippen molar-refractivity contribution in [2.24, 2.45) is 7.05 Å². The SMILES string of the molecule is CN(C(=O)c1cn2ccsc2n1)[C@H](CCNC(=O)c1cccn1C)Cc1ccccc1. The van der Waals surface area contributed by atoms with E-state index in [1.54, 1.807) is 21.7 Å². The molecule has 0 unspecified atom stereocenters. The number of hydrogen-bond donors (Lipinski definition) is 1. The van der Waals surface area contributed by atoms with Crippen LogP contribution in [-0.4, -0.2) is 50.3 Å². The Bertz CT molecular complexity index is 1150. The Labute approximate surface area is 184 Å². The molecule has 0 spiro atoms. The lowest BCUT2D eigenvalue weighted by Gasteiger charge is -2.28. The monoisotopic (exact) mass is 435 g/mol.